The van der Waals surface area contributed by atoms with Crippen molar-refractivity contribution in [1.29, 1.82) is 0 Å². The van der Waals surface area contributed by atoms with Crippen LogP contribution in [-0.4, -0.2) is 63.8 Å². The molecule has 1 aliphatic carbocycles. The Morgan fingerprint density at radius 2 is 1.69 bits per heavy atom. The van der Waals surface area contributed by atoms with E-state index in [9.17, 15) is 14.0 Å². The summed E-state index contributed by atoms with van der Waals surface area (Å²) >= 11 is 6.29. The first-order chi connectivity index (χ1) is 19.9. The predicted molar refractivity (Wildman–Crippen MR) is 164 cm³/mol. The van der Waals surface area contributed by atoms with E-state index in [1.54, 1.807) is 0 Å². The number of amides is 2. The number of benzene rings is 2. The summed E-state index contributed by atoms with van der Waals surface area (Å²) in [5.74, 6) is 0.991. The summed E-state index contributed by atoms with van der Waals surface area (Å²) < 4.78 is 13.7. The second-order valence-corrected chi connectivity index (χ2v) is 12.3. The molecule has 2 amide bonds. The van der Waals surface area contributed by atoms with Crippen molar-refractivity contribution in [2.24, 2.45) is 0 Å². The first-order valence-electron chi connectivity index (χ1n) is 14.7. The first kappa shape index (κ1) is 30.0. The van der Waals surface area contributed by atoms with E-state index in [1.165, 1.54) is 18.2 Å². The topological polar surface area (TPSA) is 69.6 Å². The van der Waals surface area contributed by atoms with Crippen LogP contribution in [0.2, 0.25) is 5.02 Å². The van der Waals surface area contributed by atoms with Gasteiger partial charge in [-0.05, 0) is 101 Å². The van der Waals surface area contributed by atoms with Crippen molar-refractivity contribution in [2.75, 3.05) is 25.0 Å². The zero-order valence-corrected chi connectivity index (χ0v) is 26.0. The molecule has 2 aromatic carbocycles. The smallest absolute Gasteiger partial charge is 0.256 e. The molecule has 0 bridgehead atoms. The third kappa shape index (κ3) is 5.87. The van der Waals surface area contributed by atoms with Crippen LogP contribution in [0.5, 0.6) is 0 Å². The number of carbonyl (C=O) groups is 2. The standard InChI is InChI=1S/C33H39ClFN5O2/c1-19(2)40(33(42)26-9-8-24(35)17-29(26)34)30-10-7-23-15-20(3)27(18-28(23)30)32(41)38(6)25-11-13-39(14-12-25)31-16-21(4)36-22(5)37-31/h8-9,15-19,25,30H,7,10-14H2,1-6H3/t30-/m1/s1. The molecule has 1 aromatic heterocycles. The van der Waals surface area contributed by atoms with Crippen LogP contribution in [0, 0.1) is 26.6 Å². The summed E-state index contributed by atoms with van der Waals surface area (Å²) in [6.07, 6.45) is 3.28. The fourth-order valence-corrected chi connectivity index (χ4v) is 6.76. The molecule has 1 saturated heterocycles. The Balaban J connectivity index is 1.35. The number of hydrogen-bond acceptors (Lipinski definition) is 5. The lowest BCUT2D eigenvalue weighted by Gasteiger charge is -2.37. The second kappa shape index (κ2) is 12.0. The molecular formula is C33H39ClFN5O2. The van der Waals surface area contributed by atoms with Crippen molar-refractivity contribution in [1.82, 2.24) is 19.8 Å². The van der Waals surface area contributed by atoms with E-state index in [4.69, 9.17) is 11.6 Å². The van der Waals surface area contributed by atoms with Gasteiger partial charge in [0.2, 0.25) is 0 Å². The Labute approximate surface area is 252 Å². The number of rotatable bonds is 6. The summed E-state index contributed by atoms with van der Waals surface area (Å²) in [6, 6.07) is 9.80. The van der Waals surface area contributed by atoms with Crippen LogP contribution in [0.4, 0.5) is 10.2 Å². The fourth-order valence-electron chi connectivity index (χ4n) is 6.51. The molecule has 42 heavy (non-hydrogen) atoms. The van der Waals surface area contributed by atoms with E-state index in [0.29, 0.717) is 5.56 Å². The zero-order chi connectivity index (χ0) is 30.3. The molecule has 2 aliphatic rings. The number of hydrogen-bond donors (Lipinski definition) is 0. The lowest BCUT2D eigenvalue weighted by atomic mass is 9.96. The Morgan fingerprint density at radius 3 is 2.33 bits per heavy atom. The van der Waals surface area contributed by atoms with Crippen molar-refractivity contribution in [2.45, 2.75) is 78.4 Å². The van der Waals surface area contributed by atoms with Gasteiger partial charge in [0.1, 0.15) is 17.5 Å². The molecule has 0 spiro atoms. The normalized spacial score (nSPS) is 17.0. The Hall–Kier alpha value is -3.52. The highest BCUT2D eigenvalue weighted by Gasteiger charge is 2.36. The van der Waals surface area contributed by atoms with Gasteiger partial charge in [0.15, 0.2) is 0 Å². The molecule has 222 valence electrons. The van der Waals surface area contributed by atoms with Crippen LogP contribution < -0.4 is 4.90 Å². The van der Waals surface area contributed by atoms with Gasteiger partial charge in [0.05, 0.1) is 16.6 Å². The van der Waals surface area contributed by atoms with E-state index in [2.05, 4.69) is 20.9 Å². The average molecular weight is 592 g/mol. The maximum Gasteiger partial charge on any atom is 0.256 e. The van der Waals surface area contributed by atoms with Crippen LogP contribution in [0.25, 0.3) is 0 Å². The summed E-state index contributed by atoms with van der Waals surface area (Å²) in [4.78, 5) is 42.6. The van der Waals surface area contributed by atoms with Gasteiger partial charge in [0, 0.05) is 49.5 Å². The van der Waals surface area contributed by atoms with Gasteiger partial charge >= 0.3 is 0 Å². The Kier molecular flexibility index (Phi) is 8.56. The summed E-state index contributed by atoms with van der Waals surface area (Å²) in [7, 11) is 1.90. The minimum atomic E-state index is -0.480. The maximum absolute atomic E-state index is 13.9. The van der Waals surface area contributed by atoms with Gasteiger partial charge < -0.3 is 14.7 Å². The second-order valence-electron chi connectivity index (χ2n) is 11.9. The van der Waals surface area contributed by atoms with Crippen molar-refractivity contribution in [3.63, 3.8) is 0 Å². The van der Waals surface area contributed by atoms with Crippen molar-refractivity contribution in [3.05, 3.63) is 86.6 Å². The molecule has 2 heterocycles. The van der Waals surface area contributed by atoms with Crippen LogP contribution in [0.3, 0.4) is 0 Å². The average Bonchev–Trinajstić information content (AvgIpc) is 3.33. The van der Waals surface area contributed by atoms with Gasteiger partial charge in [-0.2, -0.15) is 0 Å². The number of aryl methyl sites for hydroxylation is 4. The van der Waals surface area contributed by atoms with Gasteiger partial charge in [0.25, 0.3) is 11.8 Å². The van der Waals surface area contributed by atoms with Gasteiger partial charge in [-0.3, -0.25) is 9.59 Å². The molecule has 1 aliphatic heterocycles. The summed E-state index contributed by atoms with van der Waals surface area (Å²) in [5.41, 5.74) is 5.01. The van der Waals surface area contributed by atoms with Gasteiger partial charge in [-0.25, -0.2) is 14.4 Å². The highest BCUT2D eigenvalue weighted by molar-refractivity contribution is 6.33. The highest BCUT2D eigenvalue weighted by atomic mass is 35.5. The quantitative estimate of drug-likeness (QED) is 0.328. The molecule has 5 rings (SSSR count). The predicted octanol–water partition coefficient (Wildman–Crippen LogP) is 6.47. The third-order valence-electron chi connectivity index (χ3n) is 8.66. The number of carbonyl (C=O) groups excluding carboxylic acids is 2. The molecule has 1 atom stereocenters. The number of anilines is 1. The van der Waals surface area contributed by atoms with Crippen LogP contribution in [0.15, 0.2) is 36.4 Å². The Morgan fingerprint density at radius 1 is 0.976 bits per heavy atom. The minimum absolute atomic E-state index is 0.00266. The molecular weight excluding hydrogens is 553 g/mol. The van der Waals surface area contributed by atoms with Gasteiger partial charge in [-0.1, -0.05) is 17.7 Å². The van der Waals surface area contributed by atoms with E-state index in [-0.39, 0.29) is 40.5 Å². The third-order valence-corrected chi connectivity index (χ3v) is 8.97. The fraction of sp³-hybridized carbons (Fsp3) is 0.455. The molecule has 0 saturated carbocycles. The minimum Gasteiger partial charge on any atom is -0.356 e. The SMILES string of the molecule is Cc1cc(N2CCC(N(C)C(=O)c3cc4c(cc3C)CC[C@H]4N(C(=O)c3ccc(F)cc3Cl)C(C)C)CC2)nc(C)n1. The maximum atomic E-state index is 13.9. The molecule has 9 heteroatoms. The van der Waals surface area contributed by atoms with E-state index < -0.39 is 5.82 Å². The molecule has 0 unspecified atom stereocenters. The van der Waals surface area contributed by atoms with Crippen LogP contribution in [0.1, 0.15) is 88.1 Å². The van der Waals surface area contributed by atoms with Gasteiger partial charge in [-0.15, -0.1) is 0 Å². The van der Waals surface area contributed by atoms with Crippen molar-refractivity contribution >= 4 is 29.2 Å². The molecule has 7 nitrogen and oxygen atoms in total. The zero-order valence-electron chi connectivity index (χ0n) is 25.2. The number of halogens is 2. The molecule has 1 fully saturated rings. The summed E-state index contributed by atoms with van der Waals surface area (Å²) in [5, 5.41) is 0.0984. The first-order valence-corrected chi connectivity index (χ1v) is 15.1. The number of piperidine rings is 1. The molecule has 0 N–H and O–H groups in total. The lowest BCUT2D eigenvalue weighted by Crippen LogP contribution is -2.46. The number of fused-ring (bicyclic) bond motifs is 1. The van der Waals surface area contributed by atoms with E-state index in [1.807, 2.05) is 63.6 Å². The van der Waals surface area contributed by atoms with E-state index in [0.717, 1.165) is 72.8 Å². The van der Waals surface area contributed by atoms with Crippen molar-refractivity contribution < 1.29 is 14.0 Å². The summed E-state index contributed by atoms with van der Waals surface area (Å²) in [6.45, 7) is 11.5. The monoisotopic (exact) mass is 591 g/mol. The lowest BCUT2D eigenvalue weighted by molar-refractivity contribution is 0.0606. The number of nitrogens with zero attached hydrogens (tertiary/aromatic N) is 5. The molecule has 3 aromatic rings. The molecule has 0 radical (unpaired) electrons. The van der Waals surface area contributed by atoms with Crippen LogP contribution >= 0.6 is 11.6 Å². The van der Waals surface area contributed by atoms with Crippen LogP contribution in [-0.2, 0) is 6.42 Å². The van der Waals surface area contributed by atoms with E-state index >= 15 is 0 Å². The largest absolute Gasteiger partial charge is 0.356 e. The Bertz CT molecular complexity index is 1500. The van der Waals surface area contributed by atoms with Crippen molar-refractivity contribution in [3.8, 4) is 0 Å². The highest BCUT2D eigenvalue weighted by Crippen LogP contribution is 2.40. The number of aromatic nitrogens is 2.